The fourth-order valence-electron chi connectivity index (χ4n) is 10.3. The Morgan fingerprint density at radius 1 is 0.371 bits per heavy atom. The van der Waals surface area contributed by atoms with E-state index in [4.69, 9.17) is 19.4 Å². The minimum Gasteiger partial charge on any atom is -0.455 e. The normalized spacial score (nSPS) is 13.1. The van der Waals surface area contributed by atoms with Crippen molar-refractivity contribution >= 4 is 65.0 Å². The van der Waals surface area contributed by atoms with Crippen LogP contribution in [0.25, 0.3) is 121 Å². The molecule has 0 unspecified atom stereocenters. The zero-order valence-electron chi connectivity index (χ0n) is 34.1. The average Bonchev–Trinajstić information content (AvgIpc) is 3.83. The molecule has 0 saturated heterocycles. The van der Waals surface area contributed by atoms with Crippen molar-refractivity contribution < 1.29 is 4.42 Å². The van der Waals surface area contributed by atoms with Gasteiger partial charge in [-0.2, -0.15) is 0 Å². The van der Waals surface area contributed by atoms with Crippen molar-refractivity contribution in [2.24, 2.45) is 0 Å². The molecule has 4 heteroatoms. The molecule has 290 valence electrons. The van der Waals surface area contributed by atoms with Crippen molar-refractivity contribution in [3.05, 3.63) is 199 Å². The lowest BCUT2D eigenvalue weighted by Gasteiger charge is -2.22. The number of hydrogen-bond acceptors (Lipinski definition) is 4. The number of aromatic nitrogens is 3. The van der Waals surface area contributed by atoms with E-state index in [1.54, 1.807) is 0 Å². The number of hydrogen-bond donors (Lipinski definition) is 0. The van der Waals surface area contributed by atoms with E-state index in [1.807, 2.05) is 12.1 Å². The van der Waals surface area contributed by atoms with Gasteiger partial charge in [-0.3, -0.25) is 0 Å². The molecule has 0 bridgehead atoms. The molecule has 0 saturated carbocycles. The van der Waals surface area contributed by atoms with Gasteiger partial charge in [-0.15, -0.1) is 0 Å². The molecule has 2 aromatic heterocycles. The Labute approximate surface area is 357 Å². The second kappa shape index (κ2) is 13.0. The molecule has 62 heavy (non-hydrogen) atoms. The molecule has 0 spiro atoms. The van der Waals surface area contributed by atoms with E-state index in [-0.39, 0.29) is 5.41 Å². The van der Waals surface area contributed by atoms with Gasteiger partial charge in [0.05, 0.1) is 0 Å². The molecule has 1 aliphatic rings. The number of para-hydroxylation sites is 1. The van der Waals surface area contributed by atoms with Gasteiger partial charge >= 0.3 is 0 Å². The third-order valence-electron chi connectivity index (χ3n) is 13.3. The summed E-state index contributed by atoms with van der Waals surface area (Å²) in [5.74, 6) is 1.83. The largest absolute Gasteiger partial charge is 0.455 e. The molecule has 0 radical (unpaired) electrons. The molecule has 0 aliphatic heterocycles. The second-order valence-corrected chi connectivity index (χ2v) is 17.1. The van der Waals surface area contributed by atoms with E-state index < -0.39 is 0 Å². The predicted molar refractivity (Wildman–Crippen MR) is 256 cm³/mol. The first-order chi connectivity index (χ1) is 30.5. The number of rotatable bonds is 4. The maximum atomic E-state index is 6.89. The molecule has 2 heterocycles. The number of fused-ring (bicyclic) bond motifs is 15. The lowest BCUT2D eigenvalue weighted by Crippen LogP contribution is -2.15. The number of benzene rings is 10. The van der Waals surface area contributed by atoms with E-state index >= 15 is 0 Å². The van der Waals surface area contributed by atoms with Crippen molar-refractivity contribution in [3.63, 3.8) is 0 Å². The summed E-state index contributed by atoms with van der Waals surface area (Å²) in [6.07, 6.45) is 0. The zero-order valence-corrected chi connectivity index (χ0v) is 34.1. The van der Waals surface area contributed by atoms with Crippen LogP contribution in [-0.2, 0) is 5.41 Å². The van der Waals surface area contributed by atoms with Gasteiger partial charge in [-0.1, -0.05) is 178 Å². The van der Waals surface area contributed by atoms with Gasteiger partial charge in [0.25, 0.3) is 0 Å². The lowest BCUT2D eigenvalue weighted by molar-refractivity contribution is 0.653. The maximum Gasteiger partial charge on any atom is 0.164 e. The SMILES string of the molecule is CC1(C)c2ccccc2-c2c1cc(-c1nc(-c3cccc(-c4ccccc4)c3)nc(-c3ccc4ccc5c6ccccc6c6ccccc6c5c4c3)n1)c1c2oc2ccccc21. The monoisotopic (exact) mass is 791 g/mol. The van der Waals surface area contributed by atoms with Gasteiger partial charge in [0.2, 0.25) is 0 Å². The highest BCUT2D eigenvalue weighted by molar-refractivity contribution is 6.31. The molecule has 13 rings (SSSR count). The summed E-state index contributed by atoms with van der Waals surface area (Å²) in [5, 5.41) is 11.8. The molecular formula is C58H37N3O. The van der Waals surface area contributed by atoms with Crippen LogP contribution in [0, 0.1) is 0 Å². The van der Waals surface area contributed by atoms with Crippen LogP contribution in [-0.4, -0.2) is 15.0 Å². The third kappa shape index (κ3) is 5.04. The summed E-state index contributed by atoms with van der Waals surface area (Å²) < 4.78 is 6.89. The predicted octanol–water partition coefficient (Wildman–Crippen LogP) is 15.4. The Hall–Kier alpha value is -7.95. The standard InChI is InChI=1S/C58H37N3O/c1-58(2)48-25-12-10-23-44(48)53-49(58)33-47(52-45-24-11-13-26-50(45)62-54(52)53)57-60-55(37-18-14-17-36(31-37)34-15-4-3-5-16-34)59-56(61-57)38-28-27-35-29-30-43-41-21-7-6-19-39(41)40-20-8-9-22-42(40)51(43)46(35)32-38/h3-33H,1-2H3. The minimum absolute atomic E-state index is 0.275. The first-order valence-electron chi connectivity index (χ1n) is 21.3. The van der Waals surface area contributed by atoms with Gasteiger partial charge in [0.1, 0.15) is 11.2 Å². The Bertz CT molecular complexity index is 3810. The van der Waals surface area contributed by atoms with Crippen LogP contribution in [0.15, 0.2) is 192 Å². The van der Waals surface area contributed by atoms with Crippen molar-refractivity contribution in [2.75, 3.05) is 0 Å². The molecule has 0 amide bonds. The van der Waals surface area contributed by atoms with Gasteiger partial charge in [0.15, 0.2) is 17.5 Å². The highest BCUT2D eigenvalue weighted by Gasteiger charge is 2.39. The van der Waals surface area contributed by atoms with E-state index in [0.717, 1.165) is 60.7 Å². The third-order valence-corrected chi connectivity index (χ3v) is 13.3. The van der Waals surface area contributed by atoms with Crippen LogP contribution in [0.2, 0.25) is 0 Å². The van der Waals surface area contributed by atoms with E-state index in [2.05, 4.69) is 190 Å². The summed E-state index contributed by atoms with van der Waals surface area (Å²) in [6.45, 7) is 4.61. The van der Waals surface area contributed by atoms with Crippen LogP contribution in [0.1, 0.15) is 25.0 Å². The first-order valence-corrected chi connectivity index (χ1v) is 21.3. The smallest absolute Gasteiger partial charge is 0.164 e. The van der Waals surface area contributed by atoms with E-state index in [1.165, 1.54) is 54.4 Å². The molecule has 4 nitrogen and oxygen atoms in total. The van der Waals surface area contributed by atoms with Gasteiger partial charge in [-0.25, -0.2) is 15.0 Å². The van der Waals surface area contributed by atoms with Gasteiger partial charge < -0.3 is 4.42 Å². The van der Waals surface area contributed by atoms with Crippen molar-refractivity contribution in [1.82, 2.24) is 15.0 Å². The zero-order chi connectivity index (χ0) is 41.1. The van der Waals surface area contributed by atoms with E-state index in [9.17, 15) is 0 Å². The highest BCUT2D eigenvalue weighted by Crippen LogP contribution is 2.54. The van der Waals surface area contributed by atoms with Gasteiger partial charge in [0, 0.05) is 38.4 Å². The summed E-state index contributed by atoms with van der Waals surface area (Å²) >= 11 is 0. The summed E-state index contributed by atoms with van der Waals surface area (Å²) in [4.78, 5) is 16.2. The van der Waals surface area contributed by atoms with Crippen LogP contribution < -0.4 is 0 Å². The van der Waals surface area contributed by atoms with Crippen molar-refractivity contribution in [1.29, 1.82) is 0 Å². The van der Waals surface area contributed by atoms with Gasteiger partial charge in [-0.05, 0) is 95.2 Å². The maximum absolute atomic E-state index is 6.89. The topological polar surface area (TPSA) is 51.8 Å². The van der Waals surface area contributed by atoms with Crippen LogP contribution in [0.3, 0.4) is 0 Å². The van der Waals surface area contributed by atoms with Crippen molar-refractivity contribution in [3.8, 4) is 56.4 Å². The quantitative estimate of drug-likeness (QED) is 0.167. The second-order valence-electron chi connectivity index (χ2n) is 17.1. The molecule has 0 N–H and O–H groups in total. The number of nitrogens with zero attached hydrogens (tertiary/aromatic N) is 3. The van der Waals surface area contributed by atoms with E-state index in [0.29, 0.717) is 17.5 Å². The summed E-state index contributed by atoms with van der Waals surface area (Å²) in [6, 6.07) is 67.1. The van der Waals surface area contributed by atoms with Crippen LogP contribution >= 0.6 is 0 Å². The molecule has 0 atom stereocenters. The Kier molecular flexibility index (Phi) is 7.32. The summed E-state index contributed by atoms with van der Waals surface area (Å²) in [5.41, 5.74) is 11.3. The molecule has 10 aromatic carbocycles. The Morgan fingerprint density at radius 2 is 0.952 bits per heavy atom. The van der Waals surface area contributed by atoms with Crippen molar-refractivity contribution in [2.45, 2.75) is 19.3 Å². The first kappa shape index (κ1) is 34.9. The Balaban J connectivity index is 1.11. The molecule has 1 aliphatic carbocycles. The highest BCUT2D eigenvalue weighted by atomic mass is 16.3. The Morgan fingerprint density at radius 3 is 1.74 bits per heavy atom. The summed E-state index contributed by atoms with van der Waals surface area (Å²) in [7, 11) is 0. The fraction of sp³-hybridized carbons (Fsp3) is 0.0517. The fourth-order valence-corrected chi connectivity index (χ4v) is 10.3. The molecule has 0 fully saturated rings. The van der Waals surface area contributed by atoms with Crippen LogP contribution in [0.4, 0.5) is 0 Å². The average molecular weight is 792 g/mol. The molecular weight excluding hydrogens is 755 g/mol. The molecule has 12 aromatic rings. The number of furan rings is 1. The minimum atomic E-state index is -0.275. The van der Waals surface area contributed by atoms with Crippen LogP contribution in [0.5, 0.6) is 0 Å². The lowest BCUT2D eigenvalue weighted by atomic mass is 9.81.